The molecule has 0 aliphatic rings. The summed E-state index contributed by atoms with van der Waals surface area (Å²) < 4.78 is 0. The van der Waals surface area contributed by atoms with E-state index in [-0.39, 0.29) is 6.03 Å². The fourth-order valence-electron chi connectivity index (χ4n) is 2.87. The summed E-state index contributed by atoms with van der Waals surface area (Å²) in [5, 5.41) is 8.94. The lowest BCUT2D eigenvalue weighted by Crippen LogP contribution is -2.19. The Morgan fingerprint density at radius 1 is 0.926 bits per heavy atom. The van der Waals surface area contributed by atoms with Crippen LogP contribution in [0.15, 0.2) is 60.8 Å². The molecule has 1 aromatic heterocycles. The molecule has 5 nitrogen and oxygen atoms in total. The first-order valence-corrected chi connectivity index (χ1v) is 9.01. The maximum absolute atomic E-state index is 12.2. The van der Waals surface area contributed by atoms with E-state index in [9.17, 15) is 4.79 Å². The molecule has 0 unspecified atom stereocenters. The summed E-state index contributed by atoms with van der Waals surface area (Å²) in [5.41, 5.74) is 5.95. The molecule has 0 saturated carbocycles. The highest BCUT2D eigenvalue weighted by molar-refractivity contribution is 6.00. The quantitative estimate of drug-likeness (QED) is 0.567. The van der Waals surface area contributed by atoms with Crippen molar-refractivity contribution in [2.24, 2.45) is 0 Å². The monoisotopic (exact) mass is 360 g/mol. The lowest BCUT2D eigenvalue weighted by molar-refractivity contribution is 0.262. The Morgan fingerprint density at radius 2 is 1.63 bits per heavy atom. The molecule has 0 aliphatic carbocycles. The van der Waals surface area contributed by atoms with E-state index in [1.54, 1.807) is 6.20 Å². The molecule has 27 heavy (non-hydrogen) atoms. The third-order valence-corrected chi connectivity index (χ3v) is 4.22. The Kier molecular flexibility index (Phi) is 5.71. The molecular formula is C22H24N4O. The molecule has 0 saturated heterocycles. The third-order valence-electron chi connectivity index (χ3n) is 4.22. The van der Waals surface area contributed by atoms with E-state index in [0.717, 1.165) is 46.0 Å². The summed E-state index contributed by atoms with van der Waals surface area (Å²) in [6.07, 6.45) is 1.80. The average Bonchev–Trinajstić information content (AvgIpc) is 2.64. The van der Waals surface area contributed by atoms with Gasteiger partial charge in [0.2, 0.25) is 0 Å². The number of nitrogens with one attached hydrogen (secondary N) is 3. The van der Waals surface area contributed by atoms with Gasteiger partial charge >= 0.3 is 6.03 Å². The number of amides is 2. The van der Waals surface area contributed by atoms with Crippen LogP contribution in [0.3, 0.4) is 0 Å². The average molecular weight is 360 g/mol. The normalized spacial score (nSPS) is 10.3. The Morgan fingerprint density at radius 3 is 2.33 bits per heavy atom. The van der Waals surface area contributed by atoms with Gasteiger partial charge in [-0.3, -0.25) is 0 Å². The molecule has 1 heterocycles. The topological polar surface area (TPSA) is 66.0 Å². The molecule has 0 bridgehead atoms. The van der Waals surface area contributed by atoms with E-state index in [0.29, 0.717) is 0 Å². The fraction of sp³-hybridized carbons (Fsp3) is 0.182. The van der Waals surface area contributed by atoms with Crippen LogP contribution in [0.5, 0.6) is 0 Å². The number of pyridine rings is 1. The van der Waals surface area contributed by atoms with E-state index >= 15 is 0 Å². The summed E-state index contributed by atoms with van der Waals surface area (Å²) in [6.45, 7) is 6.92. The van der Waals surface area contributed by atoms with Gasteiger partial charge in [-0.1, -0.05) is 23.8 Å². The van der Waals surface area contributed by atoms with Gasteiger partial charge in [0.1, 0.15) is 5.82 Å². The molecule has 3 N–H and O–H groups in total. The maximum Gasteiger partial charge on any atom is 0.323 e. The van der Waals surface area contributed by atoms with Gasteiger partial charge in [-0.2, -0.15) is 0 Å². The Labute approximate surface area is 159 Å². The number of benzene rings is 2. The van der Waals surface area contributed by atoms with Gasteiger partial charge in [0.15, 0.2) is 0 Å². The Hall–Kier alpha value is -3.34. The van der Waals surface area contributed by atoms with Crippen LogP contribution in [-0.2, 0) is 0 Å². The van der Waals surface area contributed by atoms with Crippen molar-refractivity contribution in [3.8, 4) is 11.1 Å². The summed E-state index contributed by atoms with van der Waals surface area (Å²) in [4.78, 5) is 16.5. The highest BCUT2D eigenvalue weighted by Crippen LogP contribution is 2.27. The third kappa shape index (κ3) is 4.85. The molecule has 0 fully saturated rings. The summed E-state index contributed by atoms with van der Waals surface area (Å²) in [6, 6.07) is 17.3. The van der Waals surface area contributed by atoms with Gasteiger partial charge in [0.25, 0.3) is 0 Å². The molecule has 0 aliphatic heterocycles. The van der Waals surface area contributed by atoms with Crippen LogP contribution in [0.1, 0.15) is 18.1 Å². The largest absolute Gasteiger partial charge is 0.370 e. The summed E-state index contributed by atoms with van der Waals surface area (Å²) in [7, 11) is 0. The molecule has 0 radical (unpaired) electrons. The zero-order chi connectivity index (χ0) is 19.2. The van der Waals surface area contributed by atoms with Crippen molar-refractivity contribution in [2.75, 3.05) is 22.5 Å². The second-order valence-corrected chi connectivity index (χ2v) is 6.43. The summed E-state index contributed by atoms with van der Waals surface area (Å²) >= 11 is 0. The van der Waals surface area contributed by atoms with Crippen molar-refractivity contribution in [1.29, 1.82) is 0 Å². The first-order valence-electron chi connectivity index (χ1n) is 9.01. The molecule has 138 valence electrons. The van der Waals surface area contributed by atoms with Gasteiger partial charge in [-0.05, 0) is 73.9 Å². The van der Waals surface area contributed by atoms with Crippen LogP contribution >= 0.6 is 0 Å². The fourth-order valence-corrected chi connectivity index (χ4v) is 2.87. The lowest BCUT2D eigenvalue weighted by Gasteiger charge is -2.12. The van der Waals surface area contributed by atoms with Crippen molar-refractivity contribution < 1.29 is 4.79 Å². The van der Waals surface area contributed by atoms with Crippen LogP contribution in [0.4, 0.5) is 22.0 Å². The zero-order valence-electron chi connectivity index (χ0n) is 15.8. The predicted molar refractivity (Wildman–Crippen MR) is 112 cm³/mol. The summed E-state index contributed by atoms with van der Waals surface area (Å²) in [5.74, 6) is 0.856. The van der Waals surface area contributed by atoms with Crippen molar-refractivity contribution in [3.05, 3.63) is 71.9 Å². The number of urea groups is 1. The maximum atomic E-state index is 12.2. The smallest absolute Gasteiger partial charge is 0.323 e. The molecule has 0 spiro atoms. The molecule has 3 rings (SSSR count). The number of aryl methyl sites for hydroxylation is 2. The van der Waals surface area contributed by atoms with Gasteiger partial charge < -0.3 is 16.0 Å². The van der Waals surface area contributed by atoms with Gasteiger partial charge in [0, 0.05) is 24.1 Å². The Bertz CT molecular complexity index is 935. The number of rotatable bonds is 5. The molecule has 0 atom stereocenters. The van der Waals surface area contributed by atoms with Gasteiger partial charge in [0.05, 0.1) is 0 Å². The van der Waals surface area contributed by atoms with E-state index < -0.39 is 0 Å². The minimum atomic E-state index is -0.260. The number of hydrogen-bond donors (Lipinski definition) is 3. The number of hydrogen-bond acceptors (Lipinski definition) is 3. The Balaban J connectivity index is 1.71. The van der Waals surface area contributed by atoms with Crippen molar-refractivity contribution in [1.82, 2.24) is 4.98 Å². The van der Waals surface area contributed by atoms with E-state index in [2.05, 4.69) is 20.9 Å². The molecule has 2 amide bonds. The molecule has 3 aromatic rings. The first-order chi connectivity index (χ1) is 13.0. The second kappa shape index (κ2) is 8.36. The minimum absolute atomic E-state index is 0.260. The van der Waals surface area contributed by atoms with Crippen molar-refractivity contribution in [2.45, 2.75) is 20.8 Å². The van der Waals surface area contributed by atoms with Crippen LogP contribution in [-0.4, -0.2) is 17.6 Å². The first kappa shape index (κ1) is 18.5. The predicted octanol–water partition coefficient (Wildman–Crippen LogP) is 5.44. The van der Waals surface area contributed by atoms with Crippen molar-refractivity contribution in [3.63, 3.8) is 0 Å². The highest BCUT2D eigenvalue weighted by Gasteiger charge is 2.07. The van der Waals surface area contributed by atoms with Gasteiger partial charge in [-0.15, -0.1) is 0 Å². The molecular weight excluding hydrogens is 336 g/mol. The lowest BCUT2D eigenvalue weighted by atomic mass is 10.0. The van der Waals surface area contributed by atoms with Crippen LogP contribution in [0.25, 0.3) is 11.1 Å². The van der Waals surface area contributed by atoms with E-state index in [4.69, 9.17) is 0 Å². The van der Waals surface area contributed by atoms with E-state index in [1.165, 1.54) is 0 Å². The number of aromatic nitrogens is 1. The highest BCUT2D eigenvalue weighted by atomic mass is 16.2. The molecule has 2 aromatic carbocycles. The van der Waals surface area contributed by atoms with Crippen LogP contribution < -0.4 is 16.0 Å². The van der Waals surface area contributed by atoms with E-state index in [1.807, 2.05) is 75.4 Å². The minimum Gasteiger partial charge on any atom is -0.370 e. The van der Waals surface area contributed by atoms with Crippen molar-refractivity contribution >= 4 is 23.2 Å². The number of carbonyl (C=O) groups excluding carboxylic acids is 1. The SMILES string of the molecule is CCNc1cc(-c2ccc(NC(=O)Nc3ccc(C)cc3)cc2C)ccn1. The standard InChI is InChI=1S/C22H24N4O/c1-4-23-21-14-17(11-12-24-21)20-10-9-19(13-16(20)3)26-22(27)25-18-7-5-15(2)6-8-18/h5-14H,4H2,1-3H3,(H,23,24)(H2,25,26,27). The molecule has 5 heteroatoms. The number of anilines is 3. The van der Waals surface area contributed by atoms with Crippen LogP contribution in [0, 0.1) is 13.8 Å². The number of carbonyl (C=O) groups is 1. The number of nitrogens with zero attached hydrogens (tertiary/aromatic N) is 1. The van der Waals surface area contributed by atoms with Crippen LogP contribution in [0.2, 0.25) is 0 Å². The zero-order valence-corrected chi connectivity index (χ0v) is 15.8. The van der Waals surface area contributed by atoms with Gasteiger partial charge in [-0.25, -0.2) is 9.78 Å². The second-order valence-electron chi connectivity index (χ2n) is 6.43.